The van der Waals surface area contributed by atoms with Gasteiger partial charge in [0.25, 0.3) is 0 Å². The molecule has 26 heavy (non-hydrogen) atoms. The minimum atomic E-state index is -0.00109. The largest absolute Gasteiger partial charge is 0.497 e. The third-order valence-electron chi connectivity index (χ3n) is 4.87. The van der Waals surface area contributed by atoms with E-state index < -0.39 is 0 Å². The molecule has 1 heterocycles. The highest BCUT2D eigenvalue weighted by Gasteiger charge is 2.27. The maximum atomic E-state index is 12.8. The molecule has 0 saturated carbocycles. The van der Waals surface area contributed by atoms with Gasteiger partial charge < -0.3 is 9.47 Å². The van der Waals surface area contributed by atoms with Gasteiger partial charge in [-0.2, -0.15) is 0 Å². The van der Waals surface area contributed by atoms with Gasteiger partial charge in [0.1, 0.15) is 11.5 Å². The number of Topliss-reactive ketones (excluding diaryl/α,β-unsaturated/α-hetero) is 1. The molecule has 5 heteroatoms. The van der Waals surface area contributed by atoms with E-state index in [2.05, 4.69) is 4.90 Å². The van der Waals surface area contributed by atoms with Crippen LogP contribution in [0, 0.1) is 5.92 Å². The number of ketones is 1. The van der Waals surface area contributed by atoms with E-state index in [1.54, 1.807) is 26.4 Å². The molecule has 1 saturated heterocycles. The number of ether oxygens (including phenoxy) is 2. The average Bonchev–Trinajstić information content (AvgIpc) is 2.67. The fraction of sp³-hybridized carbons (Fsp3) is 0.381. The molecule has 0 unspecified atom stereocenters. The van der Waals surface area contributed by atoms with Crippen LogP contribution in [0.25, 0.3) is 0 Å². The summed E-state index contributed by atoms with van der Waals surface area (Å²) in [7, 11) is 3.33. The highest BCUT2D eigenvalue weighted by atomic mass is 35.5. The van der Waals surface area contributed by atoms with E-state index in [1.165, 1.54) is 0 Å². The van der Waals surface area contributed by atoms with Crippen molar-refractivity contribution in [3.05, 3.63) is 58.6 Å². The van der Waals surface area contributed by atoms with Crippen molar-refractivity contribution < 1.29 is 14.3 Å². The van der Waals surface area contributed by atoms with Crippen molar-refractivity contribution in [2.24, 2.45) is 5.92 Å². The van der Waals surface area contributed by atoms with Crippen molar-refractivity contribution in [2.75, 3.05) is 27.3 Å². The Morgan fingerprint density at radius 1 is 1.19 bits per heavy atom. The number of halogens is 1. The van der Waals surface area contributed by atoms with Crippen LogP contribution < -0.4 is 9.47 Å². The lowest BCUT2D eigenvalue weighted by atomic mass is 9.90. The first kappa shape index (κ1) is 18.7. The molecule has 2 aromatic rings. The molecule has 0 bridgehead atoms. The maximum absolute atomic E-state index is 12.8. The Bertz CT molecular complexity index is 778. The topological polar surface area (TPSA) is 38.8 Å². The molecule has 138 valence electrons. The zero-order chi connectivity index (χ0) is 18.5. The van der Waals surface area contributed by atoms with Crippen LogP contribution >= 0.6 is 11.6 Å². The second kappa shape index (κ2) is 8.56. The summed E-state index contributed by atoms with van der Waals surface area (Å²) in [6.45, 7) is 2.45. The number of methoxy groups -OCH3 is 2. The van der Waals surface area contributed by atoms with Crippen LogP contribution in [-0.4, -0.2) is 38.0 Å². The van der Waals surface area contributed by atoms with Crippen molar-refractivity contribution in [3.8, 4) is 11.5 Å². The van der Waals surface area contributed by atoms with Gasteiger partial charge >= 0.3 is 0 Å². The second-order valence-corrected chi connectivity index (χ2v) is 7.06. The van der Waals surface area contributed by atoms with E-state index in [1.807, 2.05) is 30.3 Å². The molecular formula is C21H24ClNO3. The zero-order valence-corrected chi connectivity index (χ0v) is 16.0. The molecular weight excluding hydrogens is 350 g/mol. The van der Waals surface area contributed by atoms with Crippen LogP contribution in [0.5, 0.6) is 11.5 Å². The number of hydrogen-bond acceptors (Lipinski definition) is 4. The summed E-state index contributed by atoms with van der Waals surface area (Å²) in [5.74, 6) is 1.83. The minimum Gasteiger partial charge on any atom is -0.497 e. The summed E-state index contributed by atoms with van der Waals surface area (Å²) in [6.07, 6.45) is 1.92. The first-order valence-corrected chi connectivity index (χ1v) is 9.21. The first-order valence-electron chi connectivity index (χ1n) is 8.83. The number of likely N-dealkylation sites (tertiary alicyclic amines) is 1. The minimum absolute atomic E-state index is 0.00109. The smallest absolute Gasteiger partial charge is 0.167 e. The molecule has 2 aromatic carbocycles. The predicted molar refractivity (Wildman–Crippen MR) is 103 cm³/mol. The van der Waals surface area contributed by atoms with E-state index in [-0.39, 0.29) is 11.7 Å². The van der Waals surface area contributed by atoms with Gasteiger partial charge in [-0.3, -0.25) is 9.69 Å². The number of piperidine rings is 1. The average molecular weight is 374 g/mol. The Morgan fingerprint density at radius 2 is 2.04 bits per heavy atom. The van der Waals surface area contributed by atoms with Crippen molar-refractivity contribution >= 4 is 17.4 Å². The monoisotopic (exact) mass is 373 g/mol. The Labute approximate surface area is 159 Å². The molecule has 3 rings (SSSR count). The van der Waals surface area contributed by atoms with Crippen LogP contribution in [0.3, 0.4) is 0 Å². The van der Waals surface area contributed by atoms with Crippen molar-refractivity contribution in [2.45, 2.75) is 19.4 Å². The highest BCUT2D eigenvalue weighted by Crippen LogP contribution is 2.28. The molecule has 1 aliphatic heterocycles. The summed E-state index contributed by atoms with van der Waals surface area (Å²) >= 11 is 6.04. The molecule has 1 fully saturated rings. The SMILES string of the molecule is COc1ccc(OC)c(CN2CCC[C@H](C(=O)c3cccc(Cl)c3)C2)c1. The van der Waals surface area contributed by atoms with Gasteiger partial charge in [-0.05, 0) is 49.7 Å². The summed E-state index contributed by atoms with van der Waals surface area (Å²) in [6, 6.07) is 13.0. The summed E-state index contributed by atoms with van der Waals surface area (Å²) in [4.78, 5) is 15.2. The van der Waals surface area contributed by atoms with Crippen LogP contribution in [0.1, 0.15) is 28.8 Å². The Kier molecular flexibility index (Phi) is 6.17. The number of carbonyl (C=O) groups excluding carboxylic acids is 1. The Balaban J connectivity index is 1.72. The molecule has 1 atom stereocenters. The molecule has 0 aliphatic carbocycles. The van der Waals surface area contributed by atoms with Crippen molar-refractivity contribution in [1.29, 1.82) is 0 Å². The number of benzene rings is 2. The second-order valence-electron chi connectivity index (χ2n) is 6.63. The lowest BCUT2D eigenvalue weighted by Gasteiger charge is -2.32. The molecule has 0 N–H and O–H groups in total. The number of hydrogen-bond donors (Lipinski definition) is 0. The molecule has 1 aliphatic rings. The molecule has 0 radical (unpaired) electrons. The van der Waals surface area contributed by atoms with Gasteiger partial charge in [-0.15, -0.1) is 0 Å². The number of carbonyl (C=O) groups is 1. The predicted octanol–water partition coefficient (Wildman–Crippen LogP) is 4.45. The number of nitrogens with zero attached hydrogens (tertiary/aromatic N) is 1. The van der Waals surface area contributed by atoms with Gasteiger partial charge in [0.05, 0.1) is 14.2 Å². The van der Waals surface area contributed by atoms with Gasteiger partial charge in [0.15, 0.2) is 5.78 Å². The van der Waals surface area contributed by atoms with Crippen LogP contribution in [-0.2, 0) is 6.54 Å². The quantitative estimate of drug-likeness (QED) is 0.701. The van der Waals surface area contributed by atoms with Gasteiger partial charge in [0.2, 0.25) is 0 Å². The van der Waals surface area contributed by atoms with Crippen LogP contribution in [0.2, 0.25) is 5.02 Å². The normalized spacial score (nSPS) is 17.7. The van der Waals surface area contributed by atoms with Crippen molar-refractivity contribution in [1.82, 2.24) is 4.90 Å². The van der Waals surface area contributed by atoms with E-state index in [9.17, 15) is 4.79 Å². The van der Waals surface area contributed by atoms with Gasteiger partial charge in [0, 0.05) is 35.2 Å². The molecule has 4 nitrogen and oxygen atoms in total. The lowest BCUT2D eigenvalue weighted by Crippen LogP contribution is -2.38. The summed E-state index contributed by atoms with van der Waals surface area (Å²) in [5, 5.41) is 0.602. The molecule has 0 spiro atoms. The maximum Gasteiger partial charge on any atom is 0.167 e. The third kappa shape index (κ3) is 4.37. The summed E-state index contributed by atoms with van der Waals surface area (Å²) < 4.78 is 10.8. The van der Waals surface area contributed by atoms with E-state index >= 15 is 0 Å². The van der Waals surface area contributed by atoms with Gasteiger partial charge in [-0.25, -0.2) is 0 Å². The van der Waals surface area contributed by atoms with E-state index in [0.717, 1.165) is 49.5 Å². The standard InChI is InChI=1S/C21H24ClNO3/c1-25-19-8-9-20(26-2)17(12-19)14-23-10-4-6-16(13-23)21(24)15-5-3-7-18(22)11-15/h3,5,7-9,11-12,16H,4,6,10,13-14H2,1-2H3/t16-/m0/s1. The fourth-order valence-corrected chi connectivity index (χ4v) is 3.73. The fourth-order valence-electron chi connectivity index (χ4n) is 3.54. The zero-order valence-electron chi connectivity index (χ0n) is 15.2. The highest BCUT2D eigenvalue weighted by molar-refractivity contribution is 6.31. The molecule has 0 amide bonds. The van der Waals surface area contributed by atoms with Crippen molar-refractivity contribution in [3.63, 3.8) is 0 Å². The van der Waals surface area contributed by atoms with Crippen LogP contribution in [0.4, 0.5) is 0 Å². The Hall–Kier alpha value is -2.04. The lowest BCUT2D eigenvalue weighted by molar-refractivity contribution is 0.0810. The first-order chi connectivity index (χ1) is 12.6. The Morgan fingerprint density at radius 3 is 2.77 bits per heavy atom. The van der Waals surface area contributed by atoms with E-state index in [4.69, 9.17) is 21.1 Å². The number of rotatable bonds is 6. The third-order valence-corrected chi connectivity index (χ3v) is 5.10. The summed E-state index contributed by atoms with van der Waals surface area (Å²) in [5.41, 5.74) is 1.77. The van der Waals surface area contributed by atoms with Crippen LogP contribution in [0.15, 0.2) is 42.5 Å². The molecule has 0 aromatic heterocycles. The van der Waals surface area contributed by atoms with E-state index in [0.29, 0.717) is 10.6 Å². The van der Waals surface area contributed by atoms with Gasteiger partial charge in [-0.1, -0.05) is 23.7 Å².